The van der Waals surface area contributed by atoms with Crippen molar-refractivity contribution in [3.63, 3.8) is 0 Å². The summed E-state index contributed by atoms with van der Waals surface area (Å²) < 4.78 is 53.5. The maximum Gasteiger partial charge on any atom is 0.416 e. The average Bonchev–Trinajstić information content (AvgIpc) is 2.89. The van der Waals surface area contributed by atoms with E-state index in [0.717, 1.165) is 5.69 Å². The summed E-state index contributed by atoms with van der Waals surface area (Å²) in [5.74, 6) is -1.49. The van der Waals surface area contributed by atoms with Crippen molar-refractivity contribution in [2.45, 2.75) is 46.5 Å². The normalized spacial score (nSPS) is 10.4. The second kappa shape index (κ2) is 15.6. The van der Waals surface area contributed by atoms with Crippen molar-refractivity contribution in [3.8, 4) is 0 Å². The van der Waals surface area contributed by atoms with E-state index in [1.165, 1.54) is 17.1 Å². The van der Waals surface area contributed by atoms with Crippen molar-refractivity contribution in [2.75, 3.05) is 18.2 Å². The summed E-state index contributed by atoms with van der Waals surface area (Å²) in [5, 5.41) is 5.27. The Balaban J connectivity index is 0.00000163. The number of nitrogens with zero attached hydrogens (tertiary/aromatic N) is 3. The number of aryl methyl sites for hydroxylation is 1. The molecule has 1 amide bonds. The van der Waals surface area contributed by atoms with Gasteiger partial charge in [0.15, 0.2) is 5.82 Å². The van der Waals surface area contributed by atoms with Crippen LogP contribution in [0.15, 0.2) is 53.6 Å². The van der Waals surface area contributed by atoms with E-state index in [-0.39, 0.29) is 11.4 Å². The Hall–Kier alpha value is -3.47. The number of nitrogens with one attached hydrogen (secondary N) is 2. The number of hydrogen-bond acceptors (Lipinski definition) is 5. The van der Waals surface area contributed by atoms with Crippen LogP contribution in [0.5, 0.6) is 0 Å². The van der Waals surface area contributed by atoms with Gasteiger partial charge in [0.1, 0.15) is 12.4 Å². The molecule has 12 heteroatoms. The summed E-state index contributed by atoms with van der Waals surface area (Å²) in [7, 11) is 0. The van der Waals surface area contributed by atoms with E-state index in [4.69, 9.17) is 0 Å². The molecule has 2 aromatic heterocycles. The van der Waals surface area contributed by atoms with E-state index in [9.17, 15) is 27.2 Å². The lowest BCUT2D eigenvalue weighted by Crippen LogP contribution is -2.34. The molecule has 0 atom stereocenters. The smallest absolute Gasteiger partial charge is 0.365 e. The summed E-state index contributed by atoms with van der Waals surface area (Å²) in [6.07, 6.45) is 0.479. The lowest BCUT2D eigenvalue weighted by molar-refractivity contribution is -0.137. The van der Waals surface area contributed by atoms with Crippen molar-refractivity contribution in [1.29, 1.82) is 0 Å². The highest BCUT2D eigenvalue weighted by atomic mass is 35.5. The highest BCUT2D eigenvalue weighted by Gasteiger charge is 2.31. The fourth-order valence-corrected chi connectivity index (χ4v) is 3.02. The lowest BCUT2D eigenvalue weighted by Gasteiger charge is -2.13. The number of carbonyl (C=O) groups is 1. The molecule has 0 unspecified atom stereocenters. The molecular weight excluding hydrogens is 514 g/mol. The summed E-state index contributed by atoms with van der Waals surface area (Å²) in [5.41, 5.74) is -0.615. The summed E-state index contributed by atoms with van der Waals surface area (Å²) in [6, 6.07) is 7.46. The molecule has 2 heterocycles. The minimum atomic E-state index is -4.63. The summed E-state index contributed by atoms with van der Waals surface area (Å²) in [4.78, 5) is 33.3. The van der Waals surface area contributed by atoms with Gasteiger partial charge in [-0.3, -0.25) is 19.1 Å². The van der Waals surface area contributed by atoms with Crippen LogP contribution < -0.4 is 16.2 Å². The van der Waals surface area contributed by atoms with Crippen LogP contribution in [0.25, 0.3) is 0 Å². The van der Waals surface area contributed by atoms with Crippen molar-refractivity contribution >= 4 is 23.3 Å². The molecule has 0 saturated heterocycles. The number of aromatic nitrogens is 3. The number of rotatable bonds is 8. The quantitative estimate of drug-likeness (QED) is 0.310. The molecule has 0 radical (unpaired) electrons. The minimum Gasteiger partial charge on any atom is -0.365 e. The van der Waals surface area contributed by atoms with Crippen LogP contribution in [-0.4, -0.2) is 33.4 Å². The van der Waals surface area contributed by atoms with Gasteiger partial charge in [0.25, 0.3) is 5.56 Å². The maximum atomic E-state index is 13.9. The first-order chi connectivity index (χ1) is 17.6. The second-order valence-corrected chi connectivity index (χ2v) is 7.22. The van der Waals surface area contributed by atoms with E-state index in [0.29, 0.717) is 36.9 Å². The standard InChI is InChI=1S/C22H21F4N5O2.C2H6.CH3Cl/c1-14-11-30-20(28-9-7-17-4-2-3-8-27-17)21(33)31(14)13-19(32)29-12-15-10-16(22(24,25)26)5-6-18(15)23;2*1-2/h2-6,8,10-11H,7,9,12-13H2,1H3,(H,28,30)(H,29,32);1-2H3;1H3. The van der Waals surface area contributed by atoms with Gasteiger partial charge in [-0.25, -0.2) is 9.37 Å². The second-order valence-electron chi connectivity index (χ2n) is 7.22. The Morgan fingerprint density at radius 2 is 1.81 bits per heavy atom. The van der Waals surface area contributed by atoms with Gasteiger partial charge in [-0.15, -0.1) is 11.6 Å². The van der Waals surface area contributed by atoms with Gasteiger partial charge in [-0.1, -0.05) is 19.9 Å². The summed E-state index contributed by atoms with van der Waals surface area (Å²) >= 11 is 4.64. The lowest BCUT2D eigenvalue weighted by atomic mass is 10.1. The number of amides is 1. The molecule has 3 rings (SSSR count). The molecule has 7 nitrogen and oxygen atoms in total. The molecule has 0 bridgehead atoms. The van der Waals surface area contributed by atoms with E-state index in [1.54, 1.807) is 19.2 Å². The van der Waals surface area contributed by atoms with Gasteiger partial charge in [0.05, 0.1) is 5.56 Å². The number of hydrogen-bond donors (Lipinski definition) is 2. The molecule has 0 fully saturated rings. The van der Waals surface area contributed by atoms with E-state index in [2.05, 4.69) is 32.2 Å². The molecule has 1 aromatic carbocycles. The van der Waals surface area contributed by atoms with Gasteiger partial charge in [0, 0.05) is 55.2 Å². The third kappa shape index (κ3) is 9.83. The van der Waals surface area contributed by atoms with Gasteiger partial charge in [-0.05, 0) is 37.3 Å². The number of carbonyl (C=O) groups excluding carboxylic acids is 1. The van der Waals surface area contributed by atoms with E-state index in [1.807, 2.05) is 26.0 Å². The number of pyridine rings is 1. The van der Waals surface area contributed by atoms with E-state index >= 15 is 0 Å². The Morgan fingerprint density at radius 3 is 2.43 bits per heavy atom. The predicted octanol–water partition coefficient (Wildman–Crippen LogP) is 4.96. The fraction of sp³-hybridized carbons (Fsp3) is 0.360. The molecular formula is C25H30ClF4N5O2. The number of benzene rings is 1. The third-order valence-corrected chi connectivity index (χ3v) is 4.80. The first-order valence-corrected chi connectivity index (χ1v) is 12.1. The Labute approximate surface area is 217 Å². The Kier molecular flexibility index (Phi) is 13.3. The molecule has 0 spiro atoms. The van der Waals surface area contributed by atoms with Crippen LogP contribution in [0.4, 0.5) is 23.4 Å². The van der Waals surface area contributed by atoms with Crippen LogP contribution >= 0.6 is 11.6 Å². The third-order valence-electron chi connectivity index (χ3n) is 4.80. The first kappa shape index (κ1) is 31.6. The van der Waals surface area contributed by atoms with Gasteiger partial charge < -0.3 is 10.6 Å². The number of alkyl halides is 4. The predicted molar refractivity (Wildman–Crippen MR) is 136 cm³/mol. The average molecular weight is 544 g/mol. The topological polar surface area (TPSA) is 88.9 Å². The van der Waals surface area contributed by atoms with Crippen LogP contribution in [0.3, 0.4) is 0 Å². The molecule has 0 saturated carbocycles. The fourth-order valence-electron chi connectivity index (χ4n) is 3.02. The molecule has 0 aliphatic rings. The Morgan fingerprint density at radius 1 is 1.11 bits per heavy atom. The maximum absolute atomic E-state index is 13.9. The van der Waals surface area contributed by atoms with Crippen LogP contribution in [0.1, 0.15) is 36.4 Å². The first-order valence-electron chi connectivity index (χ1n) is 11.4. The number of anilines is 1. The molecule has 202 valence electrons. The Bertz CT molecular complexity index is 1190. The molecule has 37 heavy (non-hydrogen) atoms. The molecule has 2 N–H and O–H groups in total. The SMILES string of the molecule is CC.CCl.Cc1cnc(NCCc2ccccn2)c(=O)n1CC(=O)NCc1cc(C(F)(F)F)ccc1F. The van der Waals surface area contributed by atoms with Gasteiger partial charge in [0.2, 0.25) is 5.91 Å². The monoisotopic (exact) mass is 543 g/mol. The summed E-state index contributed by atoms with van der Waals surface area (Å²) in [6.45, 7) is 5.13. The largest absolute Gasteiger partial charge is 0.416 e. The van der Waals surface area contributed by atoms with Crippen LogP contribution in [-0.2, 0) is 30.5 Å². The van der Waals surface area contributed by atoms with Gasteiger partial charge in [-0.2, -0.15) is 13.2 Å². The van der Waals surface area contributed by atoms with Gasteiger partial charge >= 0.3 is 6.18 Å². The highest BCUT2D eigenvalue weighted by Crippen LogP contribution is 2.30. The molecule has 0 aliphatic carbocycles. The minimum absolute atomic E-state index is 0.0493. The number of halogens is 5. The zero-order valence-corrected chi connectivity index (χ0v) is 21.8. The zero-order chi connectivity index (χ0) is 28.0. The van der Waals surface area contributed by atoms with Crippen molar-refractivity contribution in [1.82, 2.24) is 19.9 Å². The molecule has 3 aromatic rings. The van der Waals surface area contributed by atoms with Crippen LogP contribution in [0, 0.1) is 12.7 Å². The van der Waals surface area contributed by atoms with Crippen molar-refractivity contribution in [2.24, 2.45) is 0 Å². The van der Waals surface area contributed by atoms with E-state index < -0.39 is 42.1 Å². The highest BCUT2D eigenvalue weighted by molar-refractivity contribution is 6.15. The van der Waals surface area contributed by atoms with Crippen LogP contribution in [0.2, 0.25) is 0 Å². The zero-order valence-electron chi connectivity index (χ0n) is 21.0. The van der Waals surface area contributed by atoms with Crippen molar-refractivity contribution in [3.05, 3.63) is 87.5 Å². The molecule has 0 aliphatic heterocycles. The van der Waals surface area contributed by atoms with Crippen molar-refractivity contribution < 1.29 is 22.4 Å².